The maximum Gasteiger partial charge on any atom is 0.224 e. The first kappa shape index (κ1) is 9.45. The Labute approximate surface area is 83.9 Å². The highest BCUT2D eigenvalue weighted by Crippen LogP contribution is 2.22. The Kier molecular flexibility index (Phi) is 2.67. The van der Waals surface area contributed by atoms with Gasteiger partial charge in [-0.05, 0) is 19.4 Å². The number of anilines is 1. The van der Waals surface area contributed by atoms with Crippen LogP contribution in [0, 0.1) is 0 Å². The lowest BCUT2D eigenvalue weighted by Crippen LogP contribution is -2.29. The summed E-state index contributed by atoms with van der Waals surface area (Å²) in [5.41, 5.74) is 0. The number of hydrogen-bond donors (Lipinski definition) is 2. The smallest absolute Gasteiger partial charge is 0.224 e. The van der Waals surface area contributed by atoms with Crippen LogP contribution in [0.2, 0.25) is 0 Å². The van der Waals surface area contributed by atoms with E-state index in [1.165, 1.54) is 12.8 Å². The Morgan fingerprint density at radius 2 is 2.29 bits per heavy atom. The van der Waals surface area contributed by atoms with Gasteiger partial charge >= 0.3 is 0 Å². The summed E-state index contributed by atoms with van der Waals surface area (Å²) in [6, 6.07) is 0.378. The molecule has 1 fully saturated rings. The molecule has 0 spiro atoms. The molecular weight excluding hydrogens is 178 g/mol. The van der Waals surface area contributed by atoms with Crippen LogP contribution < -0.4 is 10.6 Å². The zero-order valence-electron chi connectivity index (χ0n) is 8.75. The molecule has 2 heterocycles. The van der Waals surface area contributed by atoms with Crippen molar-refractivity contribution in [1.29, 1.82) is 0 Å². The third kappa shape index (κ3) is 1.59. The first-order valence-corrected chi connectivity index (χ1v) is 5.13. The van der Waals surface area contributed by atoms with Crippen molar-refractivity contribution in [2.75, 3.05) is 18.9 Å². The molecule has 1 aliphatic rings. The van der Waals surface area contributed by atoms with E-state index in [-0.39, 0.29) is 0 Å². The van der Waals surface area contributed by atoms with E-state index in [0.29, 0.717) is 6.04 Å². The van der Waals surface area contributed by atoms with E-state index < -0.39 is 0 Å². The van der Waals surface area contributed by atoms with E-state index >= 15 is 0 Å². The molecule has 1 saturated heterocycles. The molecule has 1 aromatic rings. The van der Waals surface area contributed by atoms with Crippen LogP contribution in [-0.2, 0) is 7.05 Å². The summed E-state index contributed by atoms with van der Waals surface area (Å²) in [5, 5.41) is 14.7. The van der Waals surface area contributed by atoms with Crippen LogP contribution in [0.3, 0.4) is 0 Å². The molecule has 0 bridgehead atoms. The minimum absolute atomic E-state index is 0.378. The van der Waals surface area contributed by atoms with Crippen LogP contribution in [0.15, 0.2) is 0 Å². The number of nitrogens with zero attached hydrogens (tertiary/aromatic N) is 3. The molecule has 78 valence electrons. The van der Waals surface area contributed by atoms with Crippen LogP contribution in [0.4, 0.5) is 5.95 Å². The van der Waals surface area contributed by atoms with Crippen LogP contribution in [-0.4, -0.2) is 28.4 Å². The average Bonchev–Trinajstić information content (AvgIpc) is 2.61. The first-order chi connectivity index (χ1) is 6.83. The summed E-state index contributed by atoms with van der Waals surface area (Å²) in [6.45, 7) is 1.09. The van der Waals surface area contributed by atoms with Crippen molar-refractivity contribution in [2.45, 2.75) is 25.3 Å². The van der Waals surface area contributed by atoms with Crippen molar-refractivity contribution < 1.29 is 0 Å². The van der Waals surface area contributed by atoms with E-state index in [4.69, 9.17) is 0 Å². The summed E-state index contributed by atoms with van der Waals surface area (Å²) in [7, 11) is 3.86. The summed E-state index contributed by atoms with van der Waals surface area (Å²) >= 11 is 0. The molecule has 0 radical (unpaired) electrons. The molecule has 1 unspecified atom stereocenters. The molecule has 0 aromatic carbocycles. The second-order valence-electron chi connectivity index (χ2n) is 3.69. The Hall–Kier alpha value is -1.10. The molecule has 2 N–H and O–H groups in total. The largest absolute Gasteiger partial charge is 0.357 e. The number of hydrogen-bond acceptors (Lipinski definition) is 4. The fourth-order valence-corrected chi connectivity index (χ4v) is 1.93. The van der Waals surface area contributed by atoms with Gasteiger partial charge in [-0.1, -0.05) is 6.42 Å². The van der Waals surface area contributed by atoms with Gasteiger partial charge < -0.3 is 10.6 Å². The maximum absolute atomic E-state index is 4.20. The molecule has 2 rings (SSSR count). The Balaban J connectivity index is 2.18. The molecule has 0 saturated carbocycles. The molecule has 1 atom stereocenters. The highest BCUT2D eigenvalue weighted by molar-refractivity contribution is 5.24. The predicted molar refractivity (Wildman–Crippen MR) is 55.1 cm³/mol. The van der Waals surface area contributed by atoms with Gasteiger partial charge in [0.25, 0.3) is 0 Å². The fourth-order valence-electron chi connectivity index (χ4n) is 1.93. The van der Waals surface area contributed by atoms with Gasteiger partial charge in [0.2, 0.25) is 5.95 Å². The van der Waals surface area contributed by atoms with E-state index in [1.807, 2.05) is 18.7 Å². The van der Waals surface area contributed by atoms with Gasteiger partial charge in [-0.3, -0.25) is 4.57 Å². The molecule has 5 heteroatoms. The van der Waals surface area contributed by atoms with Gasteiger partial charge in [-0.2, -0.15) is 0 Å². The van der Waals surface area contributed by atoms with Gasteiger partial charge in [0.15, 0.2) is 5.82 Å². The standard InChI is InChI=1S/C9H17N5/c1-10-9-13-12-8(14(9)2)7-5-3-4-6-11-7/h7,11H,3-6H2,1-2H3,(H,10,13). The van der Waals surface area contributed by atoms with Gasteiger partial charge in [-0.15, -0.1) is 10.2 Å². The lowest BCUT2D eigenvalue weighted by Gasteiger charge is -2.22. The first-order valence-electron chi connectivity index (χ1n) is 5.13. The van der Waals surface area contributed by atoms with Gasteiger partial charge in [0.05, 0.1) is 6.04 Å². The fraction of sp³-hybridized carbons (Fsp3) is 0.778. The molecule has 1 aliphatic heterocycles. The van der Waals surface area contributed by atoms with E-state index in [0.717, 1.165) is 24.7 Å². The molecule has 0 amide bonds. The lowest BCUT2D eigenvalue weighted by molar-refractivity contribution is 0.390. The van der Waals surface area contributed by atoms with Crippen LogP contribution in [0.1, 0.15) is 31.1 Å². The summed E-state index contributed by atoms with van der Waals surface area (Å²) in [5.74, 6) is 1.86. The number of rotatable bonds is 2. The number of nitrogens with one attached hydrogen (secondary N) is 2. The predicted octanol–water partition coefficient (Wildman–Crippen LogP) is 0.671. The molecule has 14 heavy (non-hydrogen) atoms. The van der Waals surface area contributed by atoms with E-state index in [1.54, 1.807) is 0 Å². The number of piperidine rings is 1. The highest BCUT2D eigenvalue weighted by atomic mass is 15.3. The van der Waals surface area contributed by atoms with Crippen molar-refractivity contribution in [3.05, 3.63) is 5.82 Å². The lowest BCUT2D eigenvalue weighted by atomic mass is 10.0. The average molecular weight is 195 g/mol. The van der Waals surface area contributed by atoms with Crippen LogP contribution in [0.25, 0.3) is 0 Å². The summed E-state index contributed by atoms with van der Waals surface area (Å²) < 4.78 is 2.02. The third-order valence-electron chi connectivity index (χ3n) is 2.75. The Bertz CT molecular complexity index is 300. The van der Waals surface area contributed by atoms with Gasteiger partial charge in [0, 0.05) is 14.1 Å². The monoisotopic (exact) mass is 195 g/mol. The minimum Gasteiger partial charge on any atom is -0.357 e. The zero-order valence-corrected chi connectivity index (χ0v) is 8.75. The quantitative estimate of drug-likeness (QED) is 0.728. The second-order valence-corrected chi connectivity index (χ2v) is 3.69. The molecule has 0 aliphatic carbocycles. The maximum atomic E-state index is 4.20. The van der Waals surface area contributed by atoms with Crippen LogP contribution >= 0.6 is 0 Å². The summed E-state index contributed by atoms with van der Waals surface area (Å²) in [4.78, 5) is 0. The molecule has 1 aromatic heterocycles. The minimum atomic E-state index is 0.378. The van der Waals surface area contributed by atoms with Crippen molar-refractivity contribution >= 4 is 5.95 Å². The number of aromatic nitrogens is 3. The van der Waals surface area contributed by atoms with Crippen molar-refractivity contribution in [2.24, 2.45) is 7.05 Å². The van der Waals surface area contributed by atoms with Crippen molar-refractivity contribution in [3.8, 4) is 0 Å². The normalized spacial score (nSPS) is 22.3. The van der Waals surface area contributed by atoms with Gasteiger partial charge in [0.1, 0.15) is 0 Å². The highest BCUT2D eigenvalue weighted by Gasteiger charge is 2.20. The third-order valence-corrected chi connectivity index (χ3v) is 2.75. The molecular formula is C9H17N5. The van der Waals surface area contributed by atoms with Crippen molar-refractivity contribution in [3.63, 3.8) is 0 Å². The zero-order chi connectivity index (χ0) is 9.97. The van der Waals surface area contributed by atoms with E-state index in [2.05, 4.69) is 20.8 Å². The van der Waals surface area contributed by atoms with Crippen LogP contribution in [0.5, 0.6) is 0 Å². The summed E-state index contributed by atoms with van der Waals surface area (Å²) in [6.07, 6.45) is 3.71. The molecule has 5 nitrogen and oxygen atoms in total. The Morgan fingerprint density at radius 1 is 1.43 bits per heavy atom. The SMILES string of the molecule is CNc1nnc(C2CCCCN2)n1C. The second kappa shape index (κ2) is 3.96. The van der Waals surface area contributed by atoms with E-state index in [9.17, 15) is 0 Å². The topological polar surface area (TPSA) is 54.8 Å². The Morgan fingerprint density at radius 3 is 2.86 bits per heavy atom. The van der Waals surface area contributed by atoms with Crippen molar-refractivity contribution in [1.82, 2.24) is 20.1 Å². The van der Waals surface area contributed by atoms with Gasteiger partial charge in [-0.25, -0.2) is 0 Å².